The number of nitrogens with zero attached hydrogens (tertiary/aromatic N) is 5. The Morgan fingerprint density at radius 2 is 2.03 bits per heavy atom. The Bertz CT molecular complexity index is 1140. The number of ether oxygens (including phenoxy) is 1. The van der Waals surface area contributed by atoms with Gasteiger partial charge in [-0.2, -0.15) is 28.5 Å². The maximum absolute atomic E-state index is 13.8. The lowest BCUT2D eigenvalue weighted by molar-refractivity contribution is -0.173. The molecule has 2 atom stereocenters. The van der Waals surface area contributed by atoms with Gasteiger partial charge in [0.05, 0.1) is 31.8 Å². The van der Waals surface area contributed by atoms with E-state index in [1.807, 2.05) is 0 Å². The molecule has 32 heavy (non-hydrogen) atoms. The largest absolute Gasteiger partial charge is 0.497 e. The Labute approximate surface area is 180 Å². The third kappa shape index (κ3) is 4.29. The van der Waals surface area contributed by atoms with E-state index < -0.39 is 24.2 Å². The third-order valence-corrected chi connectivity index (χ3v) is 5.11. The lowest BCUT2D eigenvalue weighted by Crippen LogP contribution is -2.36. The summed E-state index contributed by atoms with van der Waals surface area (Å²) in [6.45, 7) is 0. The summed E-state index contributed by atoms with van der Waals surface area (Å²) in [4.78, 5) is 12.6. The quantitative estimate of drug-likeness (QED) is 0.463. The minimum Gasteiger partial charge on any atom is -0.497 e. The molecule has 9 nitrogen and oxygen atoms in total. The van der Waals surface area contributed by atoms with Crippen LogP contribution in [0.3, 0.4) is 0 Å². The number of aromatic nitrogens is 4. The summed E-state index contributed by atoms with van der Waals surface area (Å²) in [6.07, 6.45) is 0.905. The second kappa shape index (κ2) is 8.36. The fourth-order valence-corrected chi connectivity index (χ4v) is 3.52. The molecule has 2 N–H and O–H groups in total. The molecular formula is C20H20F3N7O2. The second-order valence-corrected chi connectivity index (χ2v) is 7.26. The Kier molecular flexibility index (Phi) is 5.59. The summed E-state index contributed by atoms with van der Waals surface area (Å²) in [6, 6.07) is 4.16. The average molecular weight is 447 g/mol. The van der Waals surface area contributed by atoms with Crippen LogP contribution in [-0.4, -0.2) is 45.0 Å². The number of carbonyl (C=O) groups excluding carboxylic acids is 1. The van der Waals surface area contributed by atoms with Crippen LogP contribution in [0.4, 0.5) is 19.0 Å². The molecule has 2 unspecified atom stereocenters. The molecule has 0 radical (unpaired) electrons. The minimum atomic E-state index is -4.54. The maximum Gasteiger partial charge on any atom is 0.410 e. The number of hydrogen-bond donors (Lipinski definition) is 2. The highest BCUT2D eigenvalue weighted by molar-refractivity contribution is 5.99. The zero-order valence-electron chi connectivity index (χ0n) is 17.2. The molecular weight excluding hydrogens is 427 g/mol. The van der Waals surface area contributed by atoms with E-state index in [-0.39, 0.29) is 17.8 Å². The molecule has 12 heteroatoms. The van der Waals surface area contributed by atoms with Crippen LogP contribution in [0.1, 0.15) is 40.0 Å². The number of carbonyl (C=O) groups is 1. The Hall–Kier alpha value is -3.83. The second-order valence-electron chi connectivity index (χ2n) is 7.26. The van der Waals surface area contributed by atoms with Crippen LogP contribution in [0.25, 0.3) is 0 Å². The highest BCUT2D eigenvalue weighted by atomic mass is 19.4. The average Bonchev–Trinajstić information content (AvgIpc) is 3.38. The lowest BCUT2D eigenvalue weighted by atomic mass is 9.96. The summed E-state index contributed by atoms with van der Waals surface area (Å²) in [5, 5.41) is 14.7. The zero-order chi connectivity index (χ0) is 22.9. The first kappa shape index (κ1) is 21.4. The zero-order valence-corrected chi connectivity index (χ0v) is 17.2. The minimum absolute atomic E-state index is 0.0199. The van der Waals surface area contributed by atoms with Gasteiger partial charge < -0.3 is 10.1 Å². The number of anilines is 1. The number of hydrazone groups is 1. The van der Waals surface area contributed by atoms with Gasteiger partial charge in [-0.3, -0.25) is 9.48 Å². The predicted molar refractivity (Wildman–Crippen MR) is 110 cm³/mol. The molecule has 3 heterocycles. The monoisotopic (exact) mass is 447 g/mol. The van der Waals surface area contributed by atoms with Crippen molar-refractivity contribution in [2.45, 2.75) is 24.7 Å². The standard InChI is InChI=1S/C20H20F3N7O2/c1-29-11-12(9-25-29)8-24-28-19(31)15-10-26-30-17(20(21,22)23)7-16(27-18(15)30)13-3-5-14(32-2)6-4-13/h3-6,8-11,16-17,27H,7H2,1-2H3,(H,28,31)/b24-8+. The van der Waals surface area contributed by atoms with Crippen molar-refractivity contribution in [1.82, 2.24) is 25.0 Å². The molecule has 0 aliphatic carbocycles. The van der Waals surface area contributed by atoms with Crippen LogP contribution >= 0.6 is 0 Å². The van der Waals surface area contributed by atoms with E-state index in [1.165, 1.54) is 13.3 Å². The van der Waals surface area contributed by atoms with Gasteiger partial charge in [-0.1, -0.05) is 12.1 Å². The van der Waals surface area contributed by atoms with Crippen molar-refractivity contribution in [2.75, 3.05) is 12.4 Å². The number of rotatable bonds is 5. The van der Waals surface area contributed by atoms with E-state index in [0.29, 0.717) is 16.9 Å². The summed E-state index contributed by atoms with van der Waals surface area (Å²) in [7, 11) is 3.24. The van der Waals surface area contributed by atoms with Gasteiger partial charge in [0, 0.05) is 25.2 Å². The van der Waals surface area contributed by atoms with Gasteiger partial charge in [-0.25, -0.2) is 10.1 Å². The van der Waals surface area contributed by atoms with Crippen molar-refractivity contribution < 1.29 is 22.7 Å². The number of methoxy groups -OCH3 is 1. The van der Waals surface area contributed by atoms with Crippen LogP contribution in [-0.2, 0) is 7.05 Å². The first-order valence-corrected chi connectivity index (χ1v) is 9.63. The van der Waals surface area contributed by atoms with Crippen molar-refractivity contribution in [3.05, 3.63) is 59.5 Å². The summed E-state index contributed by atoms with van der Waals surface area (Å²) < 4.78 is 48.9. The van der Waals surface area contributed by atoms with Gasteiger partial charge in [0.2, 0.25) is 0 Å². The first-order valence-electron chi connectivity index (χ1n) is 9.63. The van der Waals surface area contributed by atoms with Gasteiger partial charge >= 0.3 is 6.18 Å². The molecule has 0 fully saturated rings. The highest BCUT2D eigenvalue weighted by Gasteiger charge is 2.47. The van der Waals surface area contributed by atoms with Gasteiger partial charge in [0.1, 0.15) is 17.1 Å². The molecule has 4 rings (SSSR count). The van der Waals surface area contributed by atoms with E-state index in [0.717, 1.165) is 10.9 Å². The normalized spacial score (nSPS) is 18.3. The Morgan fingerprint density at radius 1 is 1.28 bits per heavy atom. The summed E-state index contributed by atoms with van der Waals surface area (Å²) in [5.74, 6) is -0.114. The van der Waals surface area contributed by atoms with Crippen LogP contribution in [0.15, 0.2) is 48.0 Å². The molecule has 1 amide bonds. The molecule has 1 aromatic carbocycles. The van der Waals surface area contributed by atoms with Crippen molar-refractivity contribution in [2.24, 2.45) is 12.1 Å². The first-order chi connectivity index (χ1) is 15.3. The summed E-state index contributed by atoms with van der Waals surface area (Å²) in [5.41, 5.74) is 3.56. The smallest absolute Gasteiger partial charge is 0.410 e. The highest BCUT2D eigenvalue weighted by Crippen LogP contribution is 2.44. The van der Waals surface area contributed by atoms with Gasteiger partial charge in [0.15, 0.2) is 6.04 Å². The fraction of sp³-hybridized carbons (Fsp3) is 0.300. The molecule has 3 aromatic rings. The molecule has 1 aliphatic heterocycles. The summed E-state index contributed by atoms with van der Waals surface area (Å²) >= 11 is 0. The van der Waals surface area contributed by atoms with Crippen LogP contribution < -0.4 is 15.5 Å². The Balaban J connectivity index is 1.60. The number of benzene rings is 1. The van der Waals surface area contributed by atoms with Gasteiger partial charge in [-0.05, 0) is 17.7 Å². The molecule has 1 aliphatic rings. The number of alkyl halides is 3. The van der Waals surface area contributed by atoms with E-state index in [9.17, 15) is 18.0 Å². The third-order valence-electron chi connectivity index (χ3n) is 5.11. The number of amides is 1. The molecule has 0 saturated carbocycles. The van der Waals surface area contributed by atoms with Crippen molar-refractivity contribution in [3.8, 4) is 5.75 Å². The van der Waals surface area contributed by atoms with Crippen LogP contribution in [0, 0.1) is 0 Å². The number of nitrogens with one attached hydrogen (secondary N) is 2. The predicted octanol–water partition coefficient (Wildman–Crippen LogP) is 3.05. The molecule has 0 saturated heterocycles. The molecule has 0 spiro atoms. The number of fused-ring (bicyclic) bond motifs is 1. The van der Waals surface area contributed by atoms with Gasteiger partial charge in [0.25, 0.3) is 5.91 Å². The fourth-order valence-electron chi connectivity index (χ4n) is 3.52. The maximum atomic E-state index is 13.8. The van der Waals surface area contributed by atoms with Crippen molar-refractivity contribution in [3.63, 3.8) is 0 Å². The van der Waals surface area contributed by atoms with E-state index in [4.69, 9.17) is 4.74 Å². The van der Waals surface area contributed by atoms with Crippen LogP contribution in [0.2, 0.25) is 0 Å². The van der Waals surface area contributed by atoms with Crippen LogP contribution in [0.5, 0.6) is 5.75 Å². The van der Waals surface area contributed by atoms with E-state index >= 15 is 0 Å². The van der Waals surface area contributed by atoms with E-state index in [1.54, 1.807) is 48.4 Å². The van der Waals surface area contributed by atoms with Gasteiger partial charge in [-0.15, -0.1) is 0 Å². The Morgan fingerprint density at radius 3 is 2.66 bits per heavy atom. The molecule has 0 bridgehead atoms. The number of halogens is 3. The molecule has 168 valence electrons. The lowest BCUT2D eigenvalue weighted by Gasteiger charge is -2.34. The number of hydrogen-bond acceptors (Lipinski definition) is 6. The SMILES string of the molecule is COc1ccc(C2CC(C(F)(F)F)n3ncc(C(=O)N/N=C/c4cnn(C)c4)c3N2)cc1. The topological polar surface area (TPSA) is 98.4 Å². The van der Waals surface area contributed by atoms with Crippen molar-refractivity contribution >= 4 is 17.9 Å². The number of aryl methyl sites for hydroxylation is 1. The van der Waals surface area contributed by atoms with E-state index in [2.05, 4.69) is 26.0 Å². The molecule has 2 aromatic heterocycles. The van der Waals surface area contributed by atoms with Crippen molar-refractivity contribution in [1.29, 1.82) is 0 Å².